The average Bonchev–Trinajstić information content (AvgIpc) is 2.46. The molecule has 2 nitrogen and oxygen atoms in total. The third kappa shape index (κ3) is 3.33. The quantitative estimate of drug-likeness (QED) is 0.662. The van der Waals surface area contributed by atoms with Gasteiger partial charge in [0.2, 0.25) is 0 Å². The molecule has 0 spiro atoms. The van der Waals surface area contributed by atoms with Crippen LogP contribution < -0.4 is 5.32 Å². The van der Waals surface area contributed by atoms with Crippen molar-refractivity contribution in [3.05, 3.63) is 0 Å². The molecule has 0 aromatic carbocycles. The molecule has 0 saturated carbocycles. The molecular formula is C9H19NOS. The molecule has 0 amide bonds. The van der Waals surface area contributed by atoms with Gasteiger partial charge in [0.25, 0.3) is 0 Å². The molecule has 0 radical (unpaired) electrons. The van der Waals surface area contributed by atoms with Gasteiger partial charge in [-0.05, 0) is 19.1 Å². The molecule has 0 aromatic heterocycles. The van der Waals surface area contributed by atoms with Gasteiger partial charge in [0.05, 0.1) is 6.10 Å². The third-order valence-electron chi connectivity index (χ3n) is 2.23. The van der Waals surface area contributed by atoms with Crippen molar-refractivity contribution < 1.29 is 4.74 Å². The maximum atomic E-state index is 5.45. The largest absolute Gasteiger partial charge is 0.377 e. The maximum absolute atomic E-state index is 5.45. The van der Waals surface area contributed by atoms with Crippen LogP contribution in [0.1, 0.15) is 20.3 Å². The van der Waals surface area contributed by atoms with E-state index in [1.807, 2.05) is 11.8 Å². The molecule has 1 N–H and O–H groups in total. The Balaban J connectivity index is 1.98. The number of ether oxygens (including phenoxy) is 1. The second-order valence-electron chi connectivity index (χ2n) is 3.12. The Morgan fingerprint density at radius 2 is 2.42 bits per heavy atom. The molecule has 1 rings (SSSR count). The second kappa shape index (κ2) is 5.84. The minimum Gasteiger partial charge on any atom is -0.377 e. The first-order valence-electron chi connectivity index (χ1n) is 4.77. The number of hydrogen-bond acceptors (Lipinski definition) is 3. The van der Waals surface area contributed by atoms with Crippen LogP contribution in [0.2, 0.25) is 0 Å². The molecule has 1 saturated heterocycles. The van der Waals surface area contributed by atoms with Crippen LogP contribution in [0, 0.1) is 0 Å². The van der Waals surface area contributed by atoms with Crippen LogP contribution in [-0.2, 0) is 4.74 Å². The summed E-state index contributed by atoms with van der Waals surface area (Å²) in [4.78, 5) is 0. The maximum Gasteiger partial charge on any atom is 0.0700 e. The van der Waals surface area contributed by atoms with Gasteiger partial charge in [0.15, 0.2) is 0 Å². The van der Waals surface area contributed by atoms with Crippen molar-refractivity contribution in [2.24, 2.45) is 0 Å². The van der Waals surface area contributed by atoms with Gasteiger partial charge in [-0.2, -0.15) is 11.8 Å². The summed E-state index contributed by atoms with van der Waals surface area (Å²) in [6.07, 6.45) is 1.59. The van der Waals surface area contributed by atoms with Gasteiger partial charge >= 0.3 is 0 Å². The predicted octanol–water partition coefficient (Wildman–Crippen LogP) is 1.51. The Hall–Kier alpha value is 0.270. The van der Waals surface area contributed by atoms with Gasteiger partial charge in [-0.3, -0.25) is 0 Å². The van der Waals surface area contributed by atoms with Crippen LogP contribution in [0.4, 0.5) is 0 Å². The first-order chi connectivity index (χ1) is 5.84. The molecular weight excluding hydrogens is 170 g/mol. The van der Waals surface area contributed by atoms with E-state index in [4.69, 9.17) is 4.74 Å². The lowest BCUT2D eigenvalue weighted by atomic mass is 10.2. The van der Waals surface area contributed by atoms with Crippen LogP contribution >= 0.6 is 11.8 Å². The van der Waals surface area contributed by atoms with E-state index in [1.165, 1.54) is 17.9 Å². The fourth-order valence-corrected chi connectivity index (χ4v) is 2.01. The van der Waals surface area contributed by atoms with E-state index in [-0.39, 0.29) is 0 Å². The SMILES string of the molecule is CCSCCNC1CCOC1C. The van der Waals surface area contributed by atoms with Crippen molar-refractivity contribution in [1.29, 1.82) is 0 Å². The monoisotopic (exact) mass is 189 g/mol. The van der Waals surface area contributed by atoms with Gasteiger partial charge in [-0.15, -0.1) is 0 Å². The number of nitrogens with one attached hydrogen (secondary N) is 1. The molecule has 12 heavy (non-hydrogen) atoms. The highest BCUT2D eigenvalue weighted by Crippen LogP contribution is 2.12. The molecule has 1 aliphatic heterocycles. The summed E-state index contributed by atoms with van der Waals surface area (Å²) in [7, 11) is 0. The van der Waals surface area contributed by atoms with Gasteiger partial charge in [-0.25, -0.2) is 0 Å². The highest BCUT2D eigenvalue weighted by atomic mass is 32.2. The van der Waals surface area contributed by atoms with Crippen molar-refractivity contribution in [3.63, 3.8) is 0 Å². The van der Waals surface area contributed by atoms with Crippen molar-refractivity contribution in [2.45, 2.75) is 32.4 Å². The third-order valence-corrected chi connectivity index (χ3v) is 3.13. The zero-order valence-electron chi connectivity index (χ0n) is 8.01. The Morgan fingerprint density at radius 3 is 3.00 bits per heavy atom. The topological polar surface area (TPSA) is 21.3 Å². The number of rotatable bonds is 5. The molecule has 72 valence electrons. The highest BCUT2D eigenvalue weighted by Gasteiger charge is 2.22. The molecule has 1 fully saturated rings. The summed E-state index contributed by atoms with van der Waals surface area (Å²) in [6, 6.07) is 0.599. The summed E-state index contributed by atoms with van der Waals surface area (Å²) < 4.78 is 5.45. The lowest BCUT2D eigenvalue weighted by Gasteiger charge is -2.15. The van der Waals surface area contributed by atoms with Gasteiger partial charge < -0.3 is 10.1 Å². The first kappa shape index (κ1) is 10.4. The highest BCUT2D eigenvalue weighted by molar-refractivity contribution is 7.99. The van der Waals surface area contributed by atoms with E-state index in [1.54, 1.807) is 0 Å². The summed E-state index contributed by atoms with van der Waals surface area (Å²) in [5.41, 5.74) is 0. The van der Waals surface area contributed by atoms with Gasteiger partial charge in [0, 0.05) is 24.9 Å². The summed E-state index contributed by atoms with van der Waals surface area (Å²) >= 11 is 1.99. The second-order valence-corrected chi connectivity index (χ2v) is 4.52. The summed E-state index contributed by atoms with van der Waals surface area (Å²) in [5.74, 6) is 2.44. The standard InChI is InChI=1S/C9H19NOS/c1-3-12-7-5-10-9-4-6-11-8(9)2/h8-10H,3-7H2,1-2H3. The molecule has 0 aliphatic carbocycles. The van der Waals surface area contributed by atoms with E-state index < -0.39 is 0 Å². The molecule has 2 atom stereocenters. The van der Waals surface area contributed by atoms with E-state index in [0.29, 0.717) is 12.1 Å². The Morgan fingerprint density at radius 1 is 1.58 bits per heavy atom. The Labute approximate surface area is 79.4 Å². The summed E-state index contributed by atoms with van der Waals surface area (Å²) in [5, 5.41) is 3.52. The fourth-order valence-electron chi connectivity index (χ4n) is 1.46. The molecule has 0 aromatic rings. The minimum absolute atomic E-state index is 0.414. The van der Waals surface area contributed by atoms with E-state index in [2.05, 4.69) is 19.2 Å². The Bertz CT molecular complexity index is 121. The van der Waals surface area contributed by atoms with Crippen LogP contribution in [-0.4, -0.2) is 36.8 Å². The van der Waals surface area contributed by atoms with Gasteiger partial charge in [-0.1, -0.05) is 6.92 Å². The van der Waals surface area contributed by atoms with Crippen LogP contribution in [0.5, 0.6) is 0 Å². The fraction of sp³-hybridized carbons (Fsp3) is 1.00. The molecule has 0 bridgehead atoms. The molecule has 2 unspecified atom stereocenters. The van der Waals surface area contributed by atoms with E-state index in [9.17, 15) is 0 Å². The molecule has 1 aliphatic rings. The van der Waals surface area contributed by atoms with Gasteiger partial charge in [0.1, 0.15) is 0 Å². The lowest BCUT2D eigenvalue weighted by Crippen LogP contribution is -2.36. The predicted molar refractivity (Wildman–Crippen MR) is 54.8 cm³/mol. The minimum atomic E-state index is 0.414. The first-order valence-corrected chi connectivity index (χ1v) is 5.92. The van der Waals surface area contributed by atoms with E-state index in [0.717, 1.165) is 13.2 Å². The van der Waals surface area contributed by atoms with E-state index >= 15 is 0 Å². The molecule has 3 heteroatoms. The zero-order valence-corrected chi connectivity index (χ0v) is 8.82. The van der Waals surface area contributed by atoms with Crippen LogP contribution in [0.15, 0.2) is 0 Å². The van der Waals surface area contributed by atoms with Crippen LogP contribution in [0.3, 0.4) is 0 Å². The smallest absolute Gasteiger partial charge is 0.0700 e. The van der Waals surface area contributed by atoms with Crippen molar-refractivity contribution in [3.8, 4) is 0 Å². The zero-order chi connectivity index (χ0) is 8.81. The summed E-state index contributed by atoms with van der Waals surface area (Å²) in [6.45, 7) is 6.40. The van der Waals surface area contributed by atoms with Crippen molar-refractivity contribution in [1.82, 2.24) is 5.32 Å². The number of thioether (sulfide) groups is 1. The van der Waals surface area contributed by atoms with Crippen molar-refractivity contribution >= 4 is 11.8 Å². The normalized spacial score (nSPS) is 29.5. The Kier molecular flexibility index (Phi) is 5.04. The average molecular weight is 189 g/mol. The molecule has 1 heterocycles. The van der Waals surface area contributed by atoms with Crippen molar-refractivity contribution in [2.75, 3.05) is 24.7 Å². The lowest BCUT2D eigenvalue weighted by molar-refractivity contribution is 0.113. The number of hydrogen-bond donors (Lipinski definition) is 1. The van der Waals surface area contributed by atoms with Crippen LogP contribution in [0.25, 0.3) is 0 Å².